The van der Waals surface area contributed by atoms with Crippen molar-refractivity contribution in [3.63, 3.8) is 0 Å². The minimum Gasteiger partial charge on any atom is -0.399 e. The second kappa shape index (κ2) is 4.35. The predicted molar refractivity (Wildman–Crippen MR) is 64.9 cm³/mol. The molecule has 0 aliphatic carbocycles. The molecular weight excluding hydrogens is 200 g/mol. The van der Waals surface area contributed by atoms with Gasteiger partial charge in [0, 0.05) is 17.8 Å². The fourth-order valence-electron chi connectivity index (χ4n) is 1.70. The molecular formula is C12H16N4. The van der Waals surface area contributed by atoms with E-state index in [4.69, 9.17) is 5.73 Å². The van der Waals surface area contributed by atoms with Crippen molar-refractivity contribution in [2.24, 2.45) is 0 Å². The van der Waals surface area contributed by atoms with Gasteiger partial charge in [0.2, 0.25) is 0 Å². The summed E-state index contributed by atoms with van der Waals surface area (Å²) in [5, 5.41) is 8.10. The van der Waals surface area contributed by atoms with Crippen LogP contribution in [0.1, 0.15) is 18.9 Å². The number of aryl methyl sites for hydroxylation is 2. The van der Waals surface area contributed by atoms with Crippen molar-refractivity contribution in [3.8, 4) is 11.4 Å². The van der Waals surface area contributed by atoms with Crippen LogP contribution in [0.3, 0.4) is 0 Å². The van der Waals surface area contributed by atoms with E-state index in [0.717, 1.165) is 35.6 Å². The average Bonchev–Trinajstić information content (AvgIpc) is 2.71. The van der Waals surface area contributed by atoms with Gasteiger partial charge in [-0.3, -0.25) is 0 Å². The molecule has 0 spiro atoms. The first-order valence-electron chi connectivity index (χ1n) is 5.46. The summed E-state index contributed by atoms with van der Waals surface area (Å²) in [6.07, 6.45) is 2.84. The lowest BCUT2D eigenvalue weighted by Gasteiger charge is -2.06. The Morgan fingerprint density at radius 1 is 1.38 bits per heavy atom. The first-order chi connectivity index (χ1) is 7.72. The van der Waals surface area contributed by atoms with E-state index in [1.807, 2.05) is 25.1 Å². The molecule has 84 valence electrons. The van der Waals surface area contributed by atoms with Gasteiger partial charge >= 0.3 is 0 Å². The molecule has 16 heavy (non-hydrogen) atoms. The van der Waals surface area contributed by atoms with E-state index >= 15 is 0 Å². The van der Waals surface area contributed by atoms with Crippen LogP contribution in [0.25, 0.3) is 11.4 Å². The second-order valence-electron chi connectivity index (χ2n) is 3.92. The van der Waals surface area contributed by atoms with E-state index in [0.29, 0.717) is 0 Å². The number of anilines is 1. The van der Waals surface area contributed by atoms with Crippen LogP contribution in [0.15, 0.2) is 24.5 Å². The Bertz CT molecular complexity index is 488. The highest BCUT2D eigenvalue weighted by Gasteiger charge is 2.07. The van der Waals surface area contributed by atoms with Crippen LogP contribution in [0, 0.1) is 6.92 Å². The number of nitrogens with zero attached hydrogens (tertiary/aromatic N) is 3. The number of nitrogen functional groups attached to an aromatic ring is 1. The maximum atomic E-state index is 5.80. The molecule has 0 aliphatic rings. The average molecular weight is 216 g/mol. The fourth-order valence-corrected chi connectivity index (χ4v) is 1.70. The van der Waals surface area contributed by atoms with E-state index in [1.165, 1.54) is 0 Å². The lowest BCUT2D eigenvalue weighted by atomic mass is 10.1. The molecule has 1 aromatic carbocycles. The molecule has 1 aromatic heterocycles. The molecule has 0 unspecified atom stereocenters. The molecule has 0 saturated carbocycles. The Hall–Kier alpha value is -1.84. The maximum absolute atomic E-state index is 5.80. The van der Waals surface area contributed by atoms with Crippen molar-refractivity contribution in [1.82, 2.24) is 14.8 Å². The lowest BCUT2D eigenvalue weighted by molar-refractivity contribution is 0.683. The predicted octanol–water partition coefficient (Wildman–Crippen LogP) is 2.25. The summed E-state index contributed by atoms with van der Waals surface area (Å²) >= 11 is 0. The van der Waals surface area contributed by atoms with Crippen LogP contribution in [0.4, 0.5) is 5.69 Å². The molecule has 4 nitrogen and oxygen atoms in total. The monoisotopic (exact) mass is 216 g/mol. The molecule has 4 heteroatoms. The smallest absolute Gasteiger partial charge is 0.163 e. The van der Waals surface area contributed by atoms with Gasteiger partial charge in [-0.05, 0) is 37.1 Å². The Morgan fingerprint density at radius 3 is 2.88 bits per heavy atom. The summed E-state index contributed by atoms with van der Waals surface area (Å²) in [4.78, 5) is 0. The van der Waals surface area contributed by atoms with Crippen molar-refractivity contribution in [1.29, 1.82) is 0 Å². The van der Waals surface area contributed by atoms with Crippen molar-refractivity contribution >= 4 is 5.69 Å². The lowest BCUT2D eigenvalue weighted by Crippen LogP contribution is -1.99. The van der Waals surface area contributed by atoms with Crippen molar-refractivity contribution in [2.45, 2.75) is 26.8 Å². The quantitative estimate of drug-likeness (QED) is 0.800. The number of hydrogen-bond acceptors (Lipinski definition) is 3. The third-order valence-electron chi connectivity index (χ3n) is 2.61. The molecule has 0 fully saturated rings. The maximum Gasteiger partial charge on any atom is 0.163 e. The van der Waals surface area contributed by atoms with Gasteiger partial charge in [-0.1, -0.05) is 6.92 Å². The first kappa shape index (κ1) is 10.7. The zero-order chi connectivity index (χ0) is 11.5. The van der Waals surface area contributed by atoms with Gasteiger partial charge in [-0.2, -0.15) is 0 Å². The summed E-state index contributed by atoms with van der Waals surface area (Å²) in [6, 6.07) is 5.94. The number of rotatable bonds is 3. The third kappa shape index (κ3) is 1.91. The van der Waals surface area contributed by atoms with Crippen LogP contribution >= 0.6 is 0 Å². The minimum atomic E-state index is 0.810. The van der Waals surface area contributed by atoms with Crippen molar-refractivity contribution in [2.75, 3.05) is 5.73 Å². The molecule has 2 N–H and O–H groups in total. The summed E-state index contributed by atoms with van der Waals surface area (Å²) in [5.41, 5.74) is 8.75. The number of nitrogens with two attached hydrogens (primary N) is 1. The topological polar surface area (TPSA) is 56.7 Å². The molecule has 0 saturated heterocycles. The number of benzene rings is 1. The Kier molecular flexibility index (Phi) is 2.90. The fraction of sp³-hybridized carbons (Fsp3) is 0.333. The van der Waals surface area contributed by atoms with Crippen molar-refractivity contribution < 1.29 is 0 Å². The molecule has 0 atom stereocenters. The van der Waals surface area contributed by atoms with Crippen LogP contribution < -0.4 is 5.73 Å². The SMILES string of the molecule is CCCn1cnnc1-c1ccc(N)c(C)c1. The Labute approximate surface area is 95.1 Å². The molecule has 2 rings (SSSR count). The zero-order valence-corrected chi connectivity index (χ0v) is 9.64. The summed E-state index contributed by atoms with van der Waals surface area (Å²) < 4.78 is 2.06. The summed E-state index contributed by atoms with van der Waals surface area (Å²) in [5.74, 6) is 0.907. The molecule has 0 aliphatic heterocycles. The van der Waals surface area contributed by atoms with Crippen LogP contribution in [-0.2, 0) is 6.54 Å². The zero-order valence-electron chi connectivity index (χ0n) is 9.64. The van der Waals surface area contributed by atoms with Gasteiger partial charge in [0.25, 0.3) is 0 Å². The van der Waals surface area contributed by atoms with Gasteiger partial charge in [0.15, 0.2) is 5.82 Å². The highest BCUT2D eigenvalue weighted by molar-refractivity contribution is 5.62. The van der Waals surface area contributed by atoms with Crippen LogP contribution in [0.2, 0.25) is 0 Å². The minimum absolute atomic E-state index is 0.810. The van der Waals surface area contributed by atoms with E-state index in [2.05, 4.69) is 21.7 Å². The summed E-state index contributed by atoms with van der Waals surface area (Å²) in [6.45, 7) is 5.07. The Morgan fingerprint density at radius 2 is 2.19 bits per heavy atom. The van der Waals surface area contributed by atoms with Gasteiger partial charge in [0.1, 0.15) is 6.33 Å². The largest absolute Gasteiger partial charge is 0.399 e. The van der Waals surface area contributed by atoms with E-state index in [9.17, 15) is 0 Å². The van der Waals surface area contributed by atoms with Gasteiger partial charge in [0.05, 0.1) is 0 Å². The van der Waals surface area contributed by atoms with Gasteiger partial charge in [-0.25, -0.2) is 0 Å². The Balaban J connectivity index is 2.42. The molecule has 0 bridgehead atoms. The number of hydrogen-bond donors (Lipinski definition) is 1. The van der Waals surface area contributed by atoms with Crippen LogP contribution in [0.5, 0.6) is 0 Å². The highest BCUT2D eigenvalue weighted by atomic mass is 15.3. The standard InChI is InChI=1S/C12H16N4/c1-3-6-16-8-14-15-12(16)10-4-5-11(13)9(2)7-10/h4-5,7-8H,3,6,13H2,1-2H3. The summed E-state index contributed by atoms with van der Waals surface area (Å²) in [7, 11) is 0. The molecule has 0 amide bonds. The van der Waals surface area contributed by atoms with Gasteiger partial charge < -0.3 is 10.3 Å². The first-order valence-corrected chi connectivity index (χ1v) is 5.46. The highest BCUT2D eigenvalue weighted by Crippen LogP contribution is 2.21. The van der Waals surface area contributed by atoms with Crippen LogP contribution in [-0.4, -0.2) is 14.8 Å². The molecule has 1 heterocycles. The number of aromatic nitrogens is 3. The van der Waals surface area contributed by atoms with Gasteiger partial charge in [-0.15, -0.1) is 10.2 Å². The van der Waals surface area contributed by atoms with E-state index in [-0.39, 0.29) is 0 Å². The van der Waals surface area contributed by atoms with E-state index < -0.39 is 0 Å². The van der Waals surface area contributed by atoms with E-state index in [1.54, 1.807) is 6.33 Å². The second-order valence-corrected chi connectivity index (χ2v) is 3.92. The normalized spacial score (nSPS) is 10.6. The molecule has 2 aromatic rings. The third-order valence-corrected chi connectivity index (χ3v) is 2.61. The van der Waals surface area contributed by atoms with Crippen molar-refractivity contribution in [3.05, 3.63) is 30.1 Å². The molecule has 0 radical (unpaired) electrons.